The van der Waals surface area contributed by atoms with E-state index in [0.717, 1.165) is 0 Å². The summed E-state index contributed by atoms with van der Waals surface area (Å²) in [5.74, 6) is 0. The molecule has 4 nitrogen and oxygen atoms in total. The maximum atomic E-state index is 9.23. The van der Waals surface area contributed by atoms with Crippen molar-refractivity contribution in [3.05, 3.63) is 0 Å². The van der Waals surface area contributed by atoms with Gasteiger partial charge in [-0.3, -0.25) is 5.21 Å². The van der Waals surface area contributed by atoms with Crippen LogP contribution in [0.5, 0.6) is 0 Å². The molecule has 0 aliphatic heterocycles. The van der Waals surface area contributed by atoms with Gasteiger partial charge in [0.25, 0.3) is 0 Å². The molecule has 5 heavy (non-hydrogen) atoms. The lowest BCUT2D eigenvalue weighted by atomic mass is 12.1. The fourth-order valence-electron chi connectivity index (χ4n) is 0. The first-order chi connectivity index (χ1) is 2.27. The summed E-state index contributed by atoms with van der Waals surface area (Å²) in [6, 6.07) is -0.940. The highest BCUT2D eigenvalue weighted by Gasteiger charge is 1.75. The lowest BCUT2D eigenvalue weighted by molar-refractivity contribution is 0.169. The molecule has 0 aromatic carbocycles. The summed E-state index contributed by atoms with van der Waals surface area (Å²) in [5.41, 5.74) is 5.46. The molecule has 0 bridgehead atoms. The summed E-state index contributed by atoms with van der Waals surface area (Å²) >= 11 is 0. The average Bonchev–Trinajstić information content (AvgIpc) is 1.38. The van der Waals surface area contributed by atoms with Crippen LogP contribution in [-0.4, -0.2) is 11.2 Å². The number of urea groups is 1. The summed E-state index contributed by atoms with van der Waals surface area (Å²) in [6.45, 7) is 0. The van der Waals surface area contributed by atoms with Gasteiger partial charge in [-0.25, -0.2) is 10.3 Å². The van der Waals surface area contributed by atoms with E-state index in [9.17, 15) is 4.79 Å². The second-order valence-corrected chi connectivity index (χ2v) is 0.476. The summed E-state index contributed by atoms with van der Waals surface area (Å²) in [5, 5.41) is 7.42. The van der Waals surface area contributed by atoms with Crippen LogP contribution in [0.4, 0.5) is 4.79 Å². The fourth-order valence-corrected chi connectivity index (χ4v) is 0. The molecule has 30 valence electrons. The zero-order chi connectivity index (χ0) is 4.28. The van der Waals surface area contributed by atoms with Gasteiger partial charge in [-0.2, -0.15) is 0 Å². The number of hydrogen-bond donors (Lipinski definition) is 3. The van der Waals surface area contributed by atoms with Crippen molar-refractivity contribution in [3.8, 4) is 0 Å². The molecule has 0 saturated heterocycles. The third-order valence-corrected chi connectivity index (χ3v) is 0.110. The van der Waals surface area contributed by atoms with Gasteiger partial charge in [0.2, 0.25) is 0 Å². The van der Waals surface area contributed by atoms with E-state index in [1.54, 1.807) is 0 Å². The maximum Gasteiger partial charge on any atom is 0.335 e. The van der Waals surface area contributed by atoms with Crippen molar-refractivity contribution in [3.63, 3.8) is 0 Å². The van der Waals surface area contributed by atoms with Crippen LogP contribution < -0.4 is 11.2 Å². The van der Waals surface area contributed by atoms with Gasteiger partial charge in [-0.15, -0.1) is 0 Å². The van der Waals surface area contributed by atoms with Crippen LogP contribution in [0.25, 0.3) is 0 Å². The highest BCUT2D eigenvalue weighted by Crippen LogP contribution is 1.38. The van der Waals surface area contributed by atoms with E-state index in [0.29, 0.717) is 0 Å². The molecule has 0 aromatic heterocycles. The monoisotopic (exact) mass is 79.0 g/mol. The highest BCUT2D eigenvalue weighted by molar-refractivity contribution is 5.69. The molecule has 4 heteroatoms. The van der Waals surface area contributed by atoms with Crippen molar-refractivity contribution < 1.29 is 10.0 Å². The Morgan fingerprint density at radius 1 is 2.00 bits per heavy atom. The molecule has 0 heterocycles. The smallest absolute Gasteiger partial charge is 0.335 e. The predicted molar refractivity (Wildman–Crippen MR) is 14.5 cm³/mol. The van der Waals surface area contributed by atoms with Crippen LogP contribution in [0, 0.1) is 0 Å². The summed E-state index contributed by atoms with van der Waals surface area (Å²) in [4.78, 5) is 9.23. The third kappa shape index (κ3) is 3.23. The van der Waals surface area contributed by atoms with Gasteiger partial charge >= 0.3 is 6.03 Å². The third-order valence-electron chi connectivity index (χ3n) is 0.110. The summed E-state index contributed by atoms with van der Waals surface area (Å²) in [6.07, 6.45) is 0. The topological polar surface area (TPSA) is 75.4 Å². The standard InChI is InChI=1S/CH4N2O2/c2-1(4)3-5/h5H,(H3,2,3,4)/i1+1,2+1,3+1. The number of nitrogens with one attached hydrogen (secondary N) is 1. The van der Waals surface area contributed by atoms with Crippen molar-refractivity contribution >= 4 is 6.03 Å². The van der Waals surface area contributed by atoms with E-state index in [-0.39, 0.29) is 0 Å². The van der Waals surface area contributed by atoms with Crippen LogP contribution in [0.2, 0.25) is 0 Å². The molecule has 0 aromatic rings. The molecule has 4 N–H and O–H groups in total. The molecular weight excluding hydrogens is 75.0 g/mol. The van der Waals surface area contributed by atoms with Gasteiger partial charge in [-0.05, 0) is 0 Å². The second-order valence-electron chi connectivity index (χ2n) is 0.476. The Labute approximate surface area is 28.5 Å². The predicted octanol–water partition coefficient (Wildman–Crippen LogP) is -0.956. The summed E-state index contributed by atoms with van der Waals surface area (Å²) < 4.78 is 0. The first-order valence-electron chi connectivity index (χ1n) is 0.966. The van der Waals surface area contributed by atoms with E-state index in [1.807, 2.05) is 0 Å². The number of primary amides is 1. The van der Waals surface area contributed by atoms with Gasteiger partial charge < -0.3 is 5.73 Å². The molecule has 2 amide bonds. The Balaban J connectivity index is 2.85. The van der Waals surface area contributed by atoms with E-state index >= 15 is 0 Å². The Hall–Kier alpha value is -0.770. The number of nitrogens with two attached hydrogens (primary N) is 1. The maximum absolute atomic E-state index is 9.23. The molecule has 0 rings (SSSR count). The fraction of sp³-hybridized carbons (Fsp3) is 0. The second kappa shape index (κ2) is 1.54. The van der Waals surface area contributed by atoms with Gasteiger partial charge in [0.15, 0.2) is 0 Å². The number of hydroxylamine groups is 1. The SMILES string of the molecule is [15NH2][13C](=O)[15NH]O. The van der Waals surface area contributed by atoms with Gasteiger partial charge in [0.05, 0.1) is 0 Å². The van der Waals surface area contributed by atoms with Crippen molar-refractivity contribution in [2.24, 2.45) is 5.73 Å². The van der Waals surface area contributed by atoms with Crippen molar-refractivity contribution in [2.45, 2.75) is 0 Å². The molecule has 0 atom stereocenters. The van der Waals surface area contributed by atoms with Gasteiger partial charge in [0, 0.05) is 0 Å². The molecule has 0 saturated carbocycles. The lowest BCUT2D eigenvalue weighted by Crippen LogP contribution is -2.25. The minimum absolute atomic E-state index is 0.940. The average molecular weight is 79.0 g/mol. The minimum Gasteiger partial charge on any atom is -0.350 e. The lowest BCUT2D eigenvalue weighted by Gasteiger charge is -1.79. The summed E-state index contributed by atoms with van der Waals surface area (Å²) in [7, 11) is 0. The highest BCUT2D eigenvalue weighted by atomic mass is 16.7. The quantitative estimate of drug-likeness (QED) is 0.151. The number of rotatable bonds is 0. The zero-order valence-electron chi connectivity index (χ0n) is 2.43. The first kappa shape index (κ1) is 4.23. The molecular formula is CH4N2O2. The van der Waals surface area contributed by atoms with Crippen LogP contribution in [0.1, 0.15) is 0 Å². The Morgan fingerprint density at radius 2 is 2.20 bits per heavy atom. The van der Waals surface area contributed by atoms with Crippen LogP contribution in [0.3, 0.4) is 0 Å². The van der Waals surface area contributed by atoms with Crippen LogP contribution in [0.15, 0.2) is 0 Å². The van der Waals surface area contributed by atoms with Crippen molar-refractivity contribution in [1.29, 1.82) is 0 Å². The number of hydrogen-bond acceptors (Lipinski definition) is 2. The van der Waals surface area contributed by atoms with Gasteiger partial charge in [-0.1, -0.05) is 0 Å². The molecule has 0 fully saturated rings. The largest absolute Gasteiger partial charge is 0.350 e. The number of amides is 2. The Bertz CT molecular complexity index is 42.9. The molecule has 0 aliphatic rings. The molecule has 0 spiro atoms. The van der Waals surface area contributed by atoms with E-state index in [2.05, 4.69) is 5.73 Å². The molecule has 0 radical (unpaired) electrons. The molecule has 0 unspecified atom stereocenters. The van der Waals surface area contributed by atoms with Crippen molar-refractivity contribution in [2.75, 3.05) is 0 Å². The van der Waals surface area contributed by atoms with Crippen LogP contribution in [-0.2, 0) is 0 Å². The Kier molecular flexibility index (Phi) is 1.30. The number of carbonyl (C=O) groups excluding carboxylic acids is 1. The normalized spacial score (nSPS) is 6.60. The van der Waals surface area contributed by atoms with Gasteiger partial charge in [0.1, 0.15) is 0 Å². The zero-order valence-corrected chi connectivity index (χ0v) is 2.43. The van der Waals surface area contributed by atoms with Crippen LogP contribution >= 0.6 is 0 Å². The number of carbonyl (C=O) groups is 1. The van der Waals surface area contributed by atoms with E-state index in [1.165, 1.54) is 5.48 Å². The minimum atomic E-state index is -0.940. The van der Waals surface area contributed by atoms with E-state index in [4.69, 9.17) is 5.21 Å². The van der Waals surface area contributed by atoms with Crippen molar-refractivity contribution in [1.82, 2.24) is 5.48 Å². The van der Waals surface area contributed by atoms with E-state index < -0.39 is 6.03 Å². The first-order valence-corrected chi connectivity index (χ1v) is 0.966. The Morgan fingerprint density at radius 3 is 2.20 bits per heavy atom. The molecule has 0 aliphatic carbocycles.